The van der Waals surface area contributed by atoms with Crippen LogP contribution in [0, 0.1) is 12.3 Å². The summed E-state index contributed by atoms with van der Waals surface area (Å²) in [5.74, 6) is 2.21. The van der Waals surface area contributed by atoms with Crippen molar-refractivity contribution in [2.75, 3.05) is 5.32 Å². The average Bonchev–Trinajstić information content (AvgIpc) is 3.32. The van der Waals surface area contributed by atoms with Crippen molar-refractivity contribution in [3.05, 3.63) is 29.8 Å². The van der Waals surface area contributed by atoms with E-state index in [0.717, 1.165) is 11.3 Å². The summed E-state index contributed by atoms with van der Waals surface area (Å²) in [6.45, 7) is 0. The van der Waals surface area contributed by atoms with Crippen LogP contribution in [0.15, 0.2) is 34.5 Å². The molecule has 0 fully saturated rings. The second kappa shape index (κ2) is 6.21. The highest BCUT2D eigenvalue weighted by Crippen LogP contribution is 2.37. The number of terminal acetylenes is 1. The highest BCUT2D eigenvalue weighted by Gasteiger charge is 2.39. The van der Waals surface area contributed by atoms with Crippen LogP contribution >= 0.6 is 0 Å². The van der Waals surface area contributed by atoms with Crippen molar-refractivity contribution in [3.8, 4) is 12.3 Å². The molecule has 2 aliphatic heterocycles. The van der Waals surface area contributed by atoms with E-state index in [1.807, 2.05) is 24.3 Å². The molecule has 0 aliphatic carbocycles. The summed E-state index contributed by atoms with van der Waals surface area (Å²) in [6.07, 6.45) is 7.83. The predicted molar refractivity (Wildman–Crippen MR) is 85.6 cm³/mol. The summed E-state index contributed by atoms with van der Waals surface area (Å²) in [6, 6.07) is 7.06. The second-order valence-electron chi connectivity index (χ2n) is 5.86. The Bertz CT molecular complexity index is 699. The van der Waals surface area contributed by atoms with Crippen LogP contribution in [-0.2, 0) is 16.0 Å². The number of carbonyl (C=O) groups excluding carboxylic acids is 2. The molecule has 2 heterocycles. The molecule has 0 aromatic heterocycles. The molecule has 2 amide bonds. The van der Waals surface area contributed by atoms with Gasteiger partial charge in [-0.15, -0.1) is 12.3 Å². The molecule has 0 spiro atoms. The molecule has 1 atom stereocenters. The van der Waals surface area contributed by atoms with Crippen LogP contribution in [-0.4, -0.2) is 23.5 Å². The number of rotatable bonds is 6. The first-order valence-corrected chi connectivity index (χ1v) is 7.67. The van der Waals surface area contributed by atoms with Gasteiger partial charge in [0.15, 0.2) is 5.66 Å². The van der Waals surface area contributed by atoms with Crippen LogP contribution in [0.1, 0.15) is 31.2 Å². The highest BCUT2D eigenvalue weighted by molar-refractivity contribution is 6.00. The first kappa shape index (κ1) is 15.2. The van der Waals surface area contributed by atoms with Crippen LogP contribution in [0.4, 0.5) is 5.69 Å². The van der Waals surface area contributed by atoms with Crippen LogP contribution in [0.5, 0.6) is 0 Å². The minimum absolute atomic E-state index is 0.165. The third-order valence-electron chi connectivity index (χ3n) is 4.16. The van der Waals surface area contributed by atoms with Crippen molar-refractivity contribution in [2.45, 2.75) is 43.8 Å². The van der Waals surface area contributed by atoms with Crippen LogP contribution < -0.4 is 10.6 Å². The van der Waals surface area contributed by atoms with Crippen LogP contribution in [0.25, 0.3) is 0 Å². The van der Waals surface area contributed by atoms with E-state index in [1.54, 1.807) is 0 Å². The summed E-state index contributed by atoms with van der Waals surface area (Å²) < 4.78 is 0. The molecule has 0 saturated carbocycles. The number of anilines is 1. The molecular formula is C17H18N4O2. The summed E-state index contributed by atoms with van der Waals surface area (Å²) >= 11 is 0. The lowest BCUT2D eigenvalue weighted by atomic mass is 9.98. The van der Waals surface area contributed by atoms with Crippen molar-refractivity contribution in [2.24, 2.45) is 10.2 Å². The number of benzene rings is 1. The number of fused-ring (bicyclic) bond motifs is 1. The number of nitrogens with one attached hydrogen (secondary N) is 2. The Morgan fingerprint density at radius 2 is 2.17 bits per heavy atom. The Morgan fingerprint density at radius 3 is 2.91 bits per heavy atom. The Kier molecular flexibility index (Phi) is 4.11. The third kappa shape index (κ3) is 3.57. The molecule has 0 bridgehead atoms. The molecule has 1 unspecified atom stereocenters. The van der Waals surface area contributed by atoms with Crippen molar-refractivity contribution in [1.29, 1.82) is 0 Å². The van der Waals surface area contributed by atoms with E-state index in [4.69, 9.17) is 6.42 Å². The fourth-order valence-corrected chi connectivity index (χ4v) is 2.72. The zero-order chi connectivity index (χ0) is 16.3. The van der Waals surface area contributed by atoms with E-state index in [0.29, 0.717) is 25.7 Å². The van der Waals surface area contributed by atoms with E-state index in [2.05, 4.69) is 26.8 Å². The third-order valence-corrected chi connectivity index (χ3v) is 4.16. The monoisotopic (exact) mass is 310 g/mol. The van der Waals surface area contributed by atoms with E-state index in [-0.39, 0.29) is 18.2 Å². The van der Waals surface area contributed by atoms with E-state index in [9.17, 15) is 9.59 Å². The van der Waals surface area contributed by atoms with Crippen molar-refractivity contribution < 1.29 is 9.59 Å². The molecule has 0 saturated heterocycles. The van der Waals surface area contributed by atoms with Gasteiger partial charge in [0.25, 0.3) is 0 Å². The normalized spacial score (nSPS) is 20.1. The molecule has 1 aromatic rings. The van der Waals surface area contributed by atoms with Crippen LogP contribution in [0.3, 0.4) is 0 Å². The lowest BCUT2D eigenvalue weighted by Gasteiger charge is -2.25. The quantitative estimate of drug-likeness (QED) is 0.788. The summed E-state index contributed by atoms with van der Waals surface area (Å²) in [7, 11) is 0. The molecule has 23 heavy (non-hydrogen) atoms. The predicted octanol–water partition coefficient (Wildman–Crippen LogP) is 2.02. The molecular weight excluding hydrogens is 292 g/mol. The van der Waals surface area contributed by atoms with Gasteiger partial charge in [-0.05, 0) is 11.6 Å². The fraction of sp³-hybridized carbons (Fsp3) is 0.412. The zero-order valence-electron chi connectivity index (χ0n) is 12.7. The maximum Gasteiger partial charge on any atom is 0.247 e. The fourth-order valence-electron chi connectivity index (χ4n) is 2.72. The number of nitrogens with zero attached hydrogens (tertiary/aromatic N) is 2. The Morgan fingerprint density at radius 1 is 1.39 bits per heavy atom. The van der Waals surface area contributed by atoms with Gasteiger partial charge in [0.05, 0.1) is 0 Å². The lowest BCUT2D eigenvalue weighted by Crippen LogP contribution is -2.47. The van der Waals surface area contributed by atoms with Gasteiger partial charge in [0.1, 0.15) is 6.04 Å². The van der Waals surface area contributed by atoms with Crippen LogP contribution in [0.2, 0.25) is 0 Å². The minimum Gasteiger partial charge on any atom is -0.344 e. The van der Waals surface area contributed by atoms with Gasteiger partial charge < -0.3 is 10.6 Å². The SMILES string of the molecule is C#CCCC1(CCC(=O)NC2Cc3ccccc3NC2=O)N=N1. The maximum atomic E-state index is 12.1. The summed E-state index contributed by atoms with van der Waals surface area (Å²) in [5, 5.41) is 13.6. The van der Waals surface area contributed by atoms with Gasteiger partial charge in [-0.25, -0.2) is 0 Å². The van der Waals surface area contributed by atoms with Gasteiger partial charge in [-0.1, -0.05) is 18.2 Å². The Balaban J connectivity index is 1.51. The molecule has 0 radical (unpaired) electrons. The molecule has 118 valence electrons. The largest absolute Gasteiger partial charge is 0.344 e. The Labute approximate surface area is 134 Å². The number of para-hydroxylation sites is 1. The standard InChI is InChI=1S/C17H18N4O2/c1-2-3-9-17(20-21-17)10-8-15(22)18-14-11-12-6-4-5-7-13(12)19-16(14)23/h1,4-7,14H,3,8-11H2,(H,18,22)(H,19,23). The maximum absolute atomic E-state index is 12.1. The molecule has 6 nitrogen and oxygen atoms in total. The summed E-state index contributed by atoms with van der Waals surface area (Å²) in [5.41, 5.74) is 1.37. The topological polar surface area (TPSA) is 82.9 Å². The highest BCUT2D eigenvalue weighted by atomic mass is 16.2. The van der Waals surface area contributed by atoms with Crippen molar-refractivity contribution in [1.82, 2.24) is 5.32 Å². The smallest absolute Gasteiger partial charge is 0.247 e. The van der Waals surface area contributed by atoms with Gasteiger partial charge in [-0.2, -0.15) is 10.2 Å². The second-order valence-corrected chi connectivity index (χ2v) is 5.86. The minimum atomic E-state index is -0.535. The number of amides is 2. The number of carbonyl (C=O) groups is 2. The van der Waals surface area contributed by atoms with Gasteiger partial charge >= 0.3 is 0 Å². The Hall–Kier alpha value is -2.68. The number of hydrogen-bond donors (Lipinski definition) is 2. The van der Waals surface area contributed by atoms with Gasteiger partial charge in [0.2, 0.25) is 11.8 Å². The first-order valence-electron chi connectivity index (χ1n) is 7.67. The average molecular weight is 310 g/mol. The van der Waals surface area contributed by atoms with E-state index >= 15 is 0 Å². The van der Waals surface area contributed by atoms with Crippen molar-refractivity contribution >= 4 is 17.5 Å². The molecule has 3 rings (SSSR count). The lowest BCUT2D eigenvalue weighted by molar-refractivity contribution is -0.126. The number of hydrogen-bond acceptors (Lipinski definition) is 4. The first-order chi connectivity index (χ1) is 11.1. The van der Waals surface area contributed by atoms with Gasteiger partial charge in [-0.3, -0.25) is 9.59 Å². The van der Waals surface area contributed by atoms with E-state index < -0.39 is 11.7 Å². The molecule has 2 aliphatic rings. The summed E-state index contributed by atoms with van der Waals surface area (Å²) in [4.78, 5) is 24.2. The van der Waals surface area contributed by atoms with Gasteiger partial charge in [0, 0.05) is 37.8 Å². The molecule has 1 aromatic carbocycles. The zero-order valence-corrected chi connectivity index (χ0v) is 12.7. The van der Waals surface area contributed by atoms with Crippen molar-refractivity contribution in [3.63, 3.8) is 0 Å². The molecule has 2 N–H and O–H groups in total. The van der Waals surface area contributed by atoms with E-state index in [1.165, 1.54) is 0 Å². The molecule has 6 heteroatoms.